The van der Waals surface area contributed by atoms with Gasteiger partial charge in [-0.05, 0) is 12.1 Å². The smallest absolute Gasteiger partial charge is 0.337 e. The van der Waals surface area contributed by atoms with E-state index in [0.717, 1.165) is 30.2 Å². The van der Waals surface area contributed by atoms with Crippen molar-refractivity contribution < 1.29 is 22.7 Å². The van der Waals surface area contributed by atoms with Gasteiger partial charge in [-0.15, -0.1) is 11.8 Å². The lowest BCUT2D eigenvalue weighted by Gasteiger charge is -2.06. The van der Waals surface area contributed by atoms with Gasteiger partial charge in [0.2, 0.25) is 0 Å². The van der Waals surface area contributed by atoms with E-state index in [1.54, 1.807) is 0 Å². The van der Waals surface area contributed by atoms with Gasteiger partial charge in [-0.2, -0.15) is 0 Å². The minimum Gasteiger partial charge on any atom is -0.478 e. The molecule has 8 heteroatoms. The van der Waals surface area contributed by atoms with Crippen LogP contribution in [-0.2, 0) is 9.84 Å². The average Bonchev–Trinajstić information content (AvgIpc) is 2.18. The molecule has 0 atom stereocenters. The summed E-state index contributed by atoms with van der Waals surface area (Å²) < 4.78 is 35.3. The second kappa shape index (κ2) is 5.57. The van der Waals surface area contributed by atoms with Crippen molar-refractivity contribution in [1.29, 1.82) is 0 Å². The third-order valence-electron chi connectivity index (χ3n) is 2.05. The van der Waals surface area contributed by atoms with Crippen molar-refractivity contribution in [3.05, 3.63) is 23.5 Å². The number of halogens is 1. The molecular weight excluding hydrogens is 281 g/mol. The maximum absolute atomic E-state index is 13.5. The topological polar surface area (TPSA) is 97.5 Å². The Balaban J connectivity index is 2.89. The molecule has 0 aliphatic carbocycles. The summed E-state index contributed by atoms with van der Waals surface area (Å²) in [6, 6.07) is 2.03. The van der Waals surface area contributed by atoms with Crippen LogP contribution >= 0.6 is 11.8 Å². The van der Waals surface area contributed by atoms with E-state index in [-0.39, 0.29) is 27.7 Å². The number of carbonyl (C=O) groups is 1. The number of sulfone groups is 1. The summed E-state index contributed by atoms with van der Waals surface area (Å²) >= 11 is 0.941. The van der Waals surface area contributed by atoms with Gasteiger partial charge in [-0.1, -0.05) is 0 Å². The van der Waals surface area contributed by atoms with Crippen LogP contribution in [0, 0.1) is 5.82 Å². The van der Waals surface area contributed by atoms with Crippen LogP contribution < -0.4 is 5.73 Å². The molecule has 0 bridgehead atoms. The number of anilines is 1. The molecule has 0 aromatic heterocycles. The van der Waals surface area contributed by atoms with Gasteiger partial charge < -0.3 is 10.8 Å². The molecule has 0 fully saturated rings. The normalized spacial score (nSPS) is 11.4. The first-order valence-electron chi connectivity index (χ1n) is 4.83. The number of benzene rings is 1. The number of hydrogen-bond acceptors (Lipinski definition) is 5. The van der Waals surface area contributed by atoms with Gasteiger partial charge >= 0.3 is 5.97 Å². The Morgan fingerprint density at radius 1 is 1.50 bits per heavy atom. The maximum Gasteiger partial charge on any atom is 0.337 e. The lowest BCUT2D eigenvalue weighted by Crippen LogP contribution is -2.06. The summed E-state index contributed by atoms with van der Waals surface area (Å²) in [4.78, 5) is 10.9. The molecule has 0 spiro atoms. The molecule has 0 saturated heterocycles. The largest absolute Gasteiger partial charge is 0.478 e. The summed E-state index contributed by atoms with van der Waals surface area (Å²) in [6.45, 7) is 0. The SMILES string of the molecule is CS(=O)(=O)CCSc1cc(C(=O)O)c(N)cc1F. The van der Waals surface area contributed by atoms with Crippen LogP contribution in [0.15, 0.2) is 17.0 Å². The molecule has 0 aliphatic heterocycles. The highest BCUT2D eigenvalue weighted by atomic mass is 32.2. The molecule has 100 valence electrons. The van der Waals surface area contributed by atoms with E-state index in [2.05, 4.69) is 0 Å². The van der Waals surface area contributed by atoms with E-state index in [1.807, 2.05) is 0 Å². The minimum absolute atomic E-state index is 0.0743. The molecule has 0 radical (unpaired) electrons. The highest BCUT2D eigenvalue weighted by Gasteiger charge is 2.14. The van der Waals surface area contributed by atoms with Crippen LogP contribution in [0.5, 0.6) is 0 Å². The van der Waals surface area contributed by atoms with Crippen LogP contribution in [0.2, 0.25) is 0 Å². The number of nitrogens with two attached hydrogens (primary N) is 1. The standard InChI is InChI=1S/C10H12FNO4S2/c1-18(15,16)3-2-17-9-4-6(10(13)14)8(12)5-7(9)11/h4-5H,2-3,12H2,1H3,(H,13,14). The summed E-state index contributed by atoms with van der Waals surface area (Å²) in [5.41, 5.74) is 5.01. The van der Waals surface area contributed by atoms with Crippen molar-refractivity contribution in [3.8, 4) is 0 Å². The van der Waals surface area contributed by atoms with Gasteiger partial charge in [-0.3, -0.25) is 0 Å². The summed E-state index contributed by atoms with van der Waals surface area (Å²) in [5.74, 6) is -1.86. The maximum atomic E-state index is 13.5. The molecular formula is C10H12FNO4S2. The summed E-state index contributed by atoms with van der Waals surface area (Å²) in [5, 5.41) is 8.83. The van der Waals surface area contributed by atoms with E-state index in [4.69, 9.17) is 10.8 Å². The molecule has 1 rings (SSSR count). The fraction of sp³-hybridized carbons (Fsp3) is 0.300. The van der Waals surface area contributed by atoms with Crippen molar-refractivity contribution in [1.82, 2.24) is 0 Å². The predicted molar refractivity (Wildman–Crippen MR) is 68.2 cm³/mol. The van der Waals surface area contributed by atoms with Crippen LogP contribution in [0.3, 0.4) is 0 Å². The Morgan fingerprint density at radius 3 is 2.61 bits per heavy atom. The third-order valence-corrected chi connectivity index (χ3v) is 4.28. The molecule has 0 heterocycles. The highest BCUT2D eigenvalue weighted by molar-refractivity contribution is 8.00. The lowest BCUT2D eigenvalue weighted by molar-refractivity contribution is 0.0697. The second-order valence-electron chi connectivity index (χ2n) is 3.65. The van der Waals surface area contributed by atoms with E-state index in [1.165, 1.54) is 0 Å². The number of carboxylic acids is 1. The van der Waals surface area contributed by atoms with Crippen LogP contribution in [0.1, 0.15) is 10.4 Å². The summed E-state index contributed by atoms with van der Waals surface area (Å²) in [7, 11) is -3.13. The Hall–Kier alpha value is -1.28. The quantitative estimate of drug-likeness (QED) is 0.626. The Labute approximate surface area is 108 Å². The van der Waals surface area contributed by atoms with Gasteiger partial charge in [0.05, 0.1) is 11.3 Å². The molecule has 0 unspecified atom stereocenters. The van der Waals surface area contributed by atoms with Crippen molar-refractivity contribution >= 4 is 33.3 Å². The number of aromatic carboxylic acids is 1. The highest BCUT2D eigenvalue weighted by Crippen LogP contribution is 2.26. The lowest BCUT2D eigenvalue weighted by atomic mass is 10.2. The Bertz CT molecular complexity index is 571. The first kappa shape index (κ1) is 14.8. The van der Waals surface area contributed by atoms with Crippen molar-refractivity contribution in [2.45, 2.75) is 4.90 Å². The molecule has 18 heavy (non-hydrogen) atoms. The molecule has 3 N–H and O–H groups in total. The van der Waals surface area contributed by atoms with Crippen LogP contribution in [-0.4, -0.2) is 37.3 Å². The Morgan fingerprint density at radius 2 is 2.11 bits per heavy atom. The van der Waals surface area contributed by atoms with Gasteiger partial charge in [-0.25, -0.2) is 17.6 Å². The van der Waals surface area contributed by atoms with Gasteiger partial charge in [0.15, 0.2) is 0 Å². The van der Waals surface area contributed by atoms with E-state index in [0.29, 0.717) is 0 Å². The zero-order chi connectivity index (χ0) is 13.9. The molecule has 0 saturated carbocycles. The van der Waals surface area contributed by atoms with E-state index >= 15 is 0 Å². The average molecular weight is 293 g/mol. The number of carboxylic acid groups (broad SMARTS) is 1. The number of nitrogen functional groups attached to an aromatic ring is 1. The van der Waals surface area contributed by atoms with Crippen LogP contribution in [0.4, 0.5) is 10.1 Å². The molecule has 1 aromatic carbocycles. The first-order chi connectivity index (χ1) is 8.20. The number of rotatable bonds is 5. The van der Waals surface area contributed by atoms with Crippen LogP contribution in [0.25, 0.3) is 0 Å². The van der Waals surface area contributed by atoms with E-state index in [9.17, 15) is 17.6 Å². The third kappa shape index (κ3) is 4.19. The number of thioether (sulfide) groups is 1. The number of hydrogen-bond donors (Lipinski definition) is 2. The van der Waals surface area contributed by atoms with Crippen molar-refractivity contribution in [2.24, 2.45) is 0 Å². The Kier molecular flexibility index (Phi) is 4.58. The second-order valence-corrected chi connectivity index (χ2v) is 7.05. The zero-order valence-corrected chi connectivity index (χ0v) is 11.1. The van der Waals surface area contributed by atoms with Gasteiger partial charge in [0.25, 0.3) is 0 Å². The van der Waals surface area contributed by atoms with E-state index < -0.39 is 21.6 Å². The van der Waals surface area contributed by atoms with Crippen molar-refractivity contribution in [3.63, 3.8) is 0 Å². The molecule has 1 aromatic rings. The first-order valence-corrected chi connectivity index (χ1v) is 7.88. The van der Waals surface area contributed by atoms with Gasteiger partial charge in [0.1, 0.15) is 15.7 Å². The monoisotopic (exact) mass is 293 g/mol. The predicted octanol–water partition coefficient (Wildman–Crippen LogP) is 1.24. The summed E-state index contributed by atoms with van der Waals surface area (Å²) in [6.07, 6.45) is 1.08. The molecule has 0 aliphatic rings. The minimum atomic E-state index is -3.13. The van der Waals surface area contributed by atoms with Gasteiger partial charge in [0, 0.05) is 22.6 Å². The molecule has 5 nitrogen and oxygen atoms in total. The van der Waals surface area contributed by atoms with Crippen molar-refractivity contribution in [2.75, 3.05) is 23.5 Å². The molecule has 0 amide bonds. The fourth-order valence-electron chi connectivity index (χ4n) is 1.17. The fourth-order valence-corrected chi connectivity index (χ4v) is 3.33. The zero-order valence-electron chi connectivity index (χ0n) is 9.51.